The number of hydrogen-bond donors (Lipinski definition) is 0. The summed E-state index contributed by atoms with van der Waals surface area (Å²) in [6, 6.07) is 0. The Labute approximate surface area is 145 Å². The summed E-state index contributed by atoms with van der Waals surface area (Å²) in [7, 11) is 2.27. The maximum absolute atomic E-state index is 12.4. The van der Waals surface area contributed by atoms with Crippen molar-refractivity contribution in [2.45, 2.75) is 20.8 Å². The SMILES string of the molecule is CCOP(=O)(SCC[N+](C)(CC)CC)N(C)C.COS(=O)(=O)[O-]. The van der Waals surface area contributed by atoms with Gasteiger partial charge in [-0.05, 0) is 46.2 Å². The van der Waals surface area contributed by atoms with Crippen LogP contribution < -0.4 is 0 Å². The fourth-order valence-corrected chi connectivity index (χ4v) is 5.13. The van der Waals surface area contributed by atoms with E-state index in [1.54, 1.807) is 4.67 Å². The summed E-state index contributed by atoms with van der Waals surface area (Å²) in [4.78, 5) is 0. The second-order valence-corrected chi connectivity index (χ2v) is 11.1. The van der Waals surface area contributed by atoms with Crippen LogP contribution in [0.15, 0.2) is 0 Å². The highest BCUT2D eigenvalue weighted by molar-refractivity contribution is 8.55. The van der Waals surface area contributed by atoms with Crippen LogP contribution in [0, 0.1) is 0 Å². The summed E-state index contributed by atoms with van der Waals surface area (Å²) in [6.07, 6.45) is 0. The Morgan fingerprint density at radius 2 is 1.65 bits per heavy atom. The summed E-state index contributed by atoms with van der Waals surface area (Å²) in [5.74, 6) is 0.869. The molecule has 0 N–H and O–H groups in total. The highest BCUT2D eigenvalue weighted by atomic mass is 32.7. The molecule has 11 heteroatoms. The Kier molecular flexibility index (Phi) is 13.1. The molecule has 23 heavy (non-hydrogen) atoms. The first kappa shape index (κ1) is 25.6. The molecule has 0 saturated carbocycles. The van der Waals surface area contributed by atoms with Crippen molar-refractivity contribution in [2.24, 2.45) is 0 Å². The first-order valence-corrected chi connectivity index (χ1v) is 11.8. The van der Waals surface area contributed by atoms with E-state index in [4.69, 9.17) is 4.52 Å². The molecule has 0 aromatic rings. The Balaban J connectivity index is 0. The summed E-state index contributed by atoms with van der Waals surface area (Å²) >= 11 is 1.46. The van der Waals surface area contributed by atoms with Gasteiger partial charge in [0.1, 0.15) is 0 Å². The lowest BCUT2D eigenvalue weighted by molar-refractivity contribution is -0.903. The number of nitrogens with zero attached hydrogens (tertiary/aromatic N) is 2. The van der Waals surface area contributed by atoms with Crippen molar-refractivity contribution in [2.75, 3.05) is 60.2 Å². The Bertz CT molecular complexity index is 454. The lowest BCUT2D eigenvalue weighted by atomic mass is 10.4. The largest absolute Gasteiger partial charge is 0.726 e. The van der Waals surface area contributed by atoms with E-state index >= 15 is 0 Å². The van der Waals surface area contributed by atoms with Crippen LogP contribution in [0.2, 0.25) is 0 Å². The Morgan fingerprint density at radius 3 is 1.91 bits per heavy atom. The van der Waals surface area contributed by atoms with Gasteiger partial charge in [0.15, 0.2) is 0 Å². The van der Waals surface area contributed by atoms with Crippen LogP contribution in [0.4, 0.5) is 0 Å². The second-order valence-electron chi connectivity index (χ2n) is 5.12. The van der Waals surface area contributed by atoms with Crippen LogP contribution >= 0.6 is 18.1 Å². The van der Waals surface area contributed by atoms with Crippen molar-refractivity contribution < 1.29 is 30.7 Å². The van der Waals surface area contributed by atoms with E-state index in [9.17, 15) is 17.5 Å². The van der Waals surface area contributed by atoms with E-state index < -0.39 is 17.1 Å². The molecule has 1 atom stereocenters. The maximum atomic E-state index is 12.4. The average Bonchev–Trinajstić information content (AvgIpc) is 2.47. The monoisotopic (exact) mass is 394 g/mol. The zero-order valence-corrected chi connectivity index (χ0v) is 17.7. The van der Waals surface area contributed by atoms with Crippen LogP contribution in [0.25, 0.3) is 0 Å². The highest BCUT2D eigenvalue weighted by Crippen LogP contribution is 2.60. The molecular weight excluding hydrogens is 363 g/mol. The minimum atomic E-state index is -4.41. The van der Waals surface area contributed by atoms with Crippen molar-refractivity contribution >= 4 is 28.5 Å². The third-order valence-corrected chi connectivity index (χ3v) is 8.89. The summed E-state index contributed by atoms with van der Waals surface area (Å²) in [5, 5.41) is 0. The van der Waals surface area contributed by atoms with Crippen molar-refractivity contribution in [3.05, 3.63) is 0 Å². The van der Waals surface area contributed by atoms with E-state index in [0.29, 0.717) is 6.61 Å². The van der Waals surface area contributed by atoms with Gasteiger partial charge >= 0.3 is 6.72 Å². The predicted octanol–water partition coefficient (Wildman–Crippen LogP) is 2.01. The molecule has 0 rings (SSSR count). The highest BCUT2D eigenvalue weighted by Gasteiger charge is 2.28. The normalized spacial score (nSPS) is 15.0. The fourth-order valence-electron chi connectivity index (χ4n) is 1.35. The summed E-state index contributed by atoms with van der Waals surface area (Å²) < 4.78 is 51.6. The molecule has 0 spiro atoms. The Morgan fingerprint density at radius 1 is 1.22 bits per heavy atom. The molecule has 0 saturated heterocycles. The number of rotatable bonds is 10. The standard InChI is InChI=1S/C11H28N2O2PS.CH4O4S/c1-7-13(6,8-2)10-11-17-16(14,12(4)5)15-9-3;1-5-6(2,3)4/h7-11H2,1-6H3;1H3,(H,2,3,4)/q+1;/p-1. The van der Waals surface area contributed by atoms with Gasteiger partial charge in [-0.1, -0.05) is 0 Å². The molecule has 1 unspecified atom stereocenters. The average molecular weight is 394 g/mol. The topological polar surface area (TPSA) is 96.0 Å². The van der Waals surface area contributed by atoms with Gasteiger partial charge < -0.3 is 13.6 Å². The van der Waals surface area contributed by atoms with E-state index in [2.05, 4.69) is 25.1 Å². The predicted molar refractivity (Wildman–Crippen MR) is 94.2 cm³/mol. The summed E-state index contributed by atoms with van der Waals surface area (Å²) in [6.45, 7) is 7.36. The van der Waals surface area contributed by atoms with Gasteiger partial charge in [-0.25, -0.2) is 13.1 Å². The first-order valence-electron chi connectivity index (χ1n) is 7.31. The number of quaternary nitrogens is 1. The molecule has 0 aromatic heterocycles. The van der Waals surface area contributed by atoms with E-state index in [1.165, 1.54) is 11.4 Å². The molecule has 0 bridgehead atoms. The lowest BCUT2D eigenvalue weighted by Gasteiger charge is -2.32. The quantitative estimate of drug-likeness (QED) is 0.240. The molecule has 8 nitrogen and oxygen atoms in total. The fraction of sp³-hybridized carbons (Fsp3) is 1.00. The van der Waals surface area contributed by atoms with Gasteiger partial charge in [0, 0.05) is 0 Å². The van der Waals surface area contributed by atoms with Gasteiger partial charge in [0.05, 0.1) is 46.2 Å². The number of hydrogen-bond acceptors (Lipinski definition) is 7. The van der Waals surface area contributed by atoms with Crippen LogP contribution in [-0.4, -0.2) is 82.4 Å². The van der Waals surface area contributed by atoms with Crippen LogP contribution in [0.3, 0.4) is 0 Å². The van der Waals surface area contributed by atoms with Gasteiger partial charge in [0.2, 0.25) is 10.4 Å². The molecule has 0 heterocycles. The molecule has 0 fully saturated rings. The minimum absolute atomic E-state index is 0.496. The third kappa shape index (κ3) is 12.4. The Hall–Kier alpha value is 0.330. The molecule has 0 aliphatic heterocycles. The maximum Gasteiger partial charge on any atom is 0.328 e. The molecule has 0 amide bonds. The molecule has 0 aromatic carbocycles. The second kappa shape index (κ2) is 11.8. The van der Waals surface area contributed by atoms with Gasteiger partial charge in [0.25, 0.3) is 0 Å². The minimum Gasteiger partial charge on any atom is -0.726 e. The van der Waals surface area contributed by atoms with Gasteiger partial charge in [-0.3, -0.25) is 8.75 Å². The van der Waals surface area contributed by atoms with Gasteiger partial charge in [-0.2, -0.15) is 0 Å². The lowest BCUT2D eigenvalue weighted by Crippen LogP contribution is -2.45. The van der Waals surface area contributed by atoms with Crippen molar-refractivity contribution in [1.29, 1.82) is 0 Å². The van der Waals surface area contributed by atoms with E-state index in [-0.39, 0.29) is 0 Å². The molecule has 142 valence electrons. The zero-order chi connectivity index (χ0) is 18.7. The molecule has 0 radical (unpaired) electrons. The van der Waals surface area contributed by atoms with Crippen LogP contribution in [-0.2, 0) is 23.7 Å². The van der Waals surface area contributed by atoms with E-state index in [1.807, 2.05) is 21.0 Å². The third-order valence-electron chi connectivity index (χ3n) is 3.40. The molecular formula is C12H31N2O6PS2. The summed E-state index contributed by atoms with van der Waals surface area (Å²) in [5.41, 5.74) is 0. The smallest absolute Gasteiger partial charge is 0.328 e. The van der Waals surface area contributed by atoms with Crippen LogP contribution in [0.1, 0.15) is 20.8 Å². The van der Waals surface area contributed by atoms with Crippen molar-refractivity contribution in [1.82, 2.24) is 4.67 Å². The molecule has 0 aliphatic carbocycles. The zero-order valence-electron chi connectivity index (χ0n) is 15.1. The van der Waals surface area contributed by atoms with Crippen molar-refractivity contribution in [3.8, 4) is 0 Å². The van der Waals surface area contributed by atoms with Crippen LogP contribution in [0.5, 0.6) is 0 Å². The first-order chi connectivity index (χ1) is 10.4. The van der Waals surface area contributed by atoms with Crippen molar-refractivity contribution in [3.63, 3.8) is 0 Å². The molecule has 0 aliphatic rings. The van der Waals surface area contributed by atoms with Gasteiger partial charge in [-0.15, -0.1) is 0 Å². The van der Waals surface area contributed by atoms with E-state index in [0.717, 1.165) is 37.0 Å².